The van der Waals surface area contributed by atoms with E-state index in [2.05, 4.69) is 42.3 Å². The number of nitrogens with zero attached hydrogens (tertiary/aromatic N) is 2. The minimum Gasteiger partial charge on any atom is -0.478 e. The Morgan fingerprint density at radius 3 is 2.48 bits per heavy atom. The number of aromatic carboxylic acids is 1. The summed E-state index contributed by atoms with van der Waals surface area (Å²) in [6, 6.07) is 3.09. The number of hydrogen-bond donors (Lipinski definition) is 2. The Morgan fingerprint density at radius 2 is 1.95 bits per heavy atom. The number of carbonyl (C=O) groups excluding carboxylic acids is 1. The molecule has 2 rings (SSSR count). The third-order valence-electron chi connectivity index (χ3n) is 2.78. The minimum atomic E-state index is -1.13. The van der Waals surface area contributed by atoms with E-state index in [1.807, 2.05) is 0 Å². The van der Waals surface area contributed by atoms with Crippen molar-refractivity contribution in [1.82, 2.24) is 9.78 Å². The average Bonchev–Trinajstić information content (AvgIpc) is 2.71. The zero-order chi connectivity index (χ0) is 15.7. The first-order valence-corrected chi connectivity index (χ1v) is 7.42. The molecule has 0 aliphatic carbocycles. The molecule has 21 heavy (non-hydrogen) atoms. The van der Waals surface area contributed by atoms with Crippen molar-refractivity contribution >= 4 is 49.4 Å². The van der Waals surface area contributed by atoms with Gasteiger partial charge in [-0.05, 0) is 35.0 Å². The number of aromatic nitrogens is 2. The van der Waals surface area contributed by atoms with Gasteiger partial charge >= 0.3 is 5.97 Å². The molecule has 1 amide bonds. The average molecular weight is 417 g/mol. The zero-order valence-electron chi connectivity index (χ0n) is 11.1. The van der Waals surface area contributed by atoms with Gasteiger partial charge in [-0.3, -0.25) is 9.48 Å². The Hall–Kier alpha value is -1.67. The summed E-state index contributed by atoms with van der Waals surface area (Å²) in [4.78, 5) is 23.6. The molecule has 6 nitrogen and oxygen atoms in total. The molecule has 2 aromatic rings. The van der Waals surface area contributed by atoms with Crippen LogP contribution in [0.25, 0.3) is 0 Å². The topological polar surface area (TPSA) is 84.2 Å². The van der Waals surface area contributed by atoms with Crippen LogP contribution in [0.2, 0.25) is 0 Å². The summed E-state index contributed by atoms with van der Waals surface area (Å²) in [5, 5.41) is 16.0. The van der Waals surface area contributed by atoms with Gasteiger partial charge in [0.1, 0.15) is 0 Å². The predicted octanol–water partition coefficient (Wildman–Crippen LogP) is 3.20. The molecule has 8 heteroatoms. The number of halogens is 2. The quantitative estimate of drug-likeness (QED) is 0.804. The smallest absolute Gasteiger partial charge is 0.337 e. The van der Waals surface area contributed by atoms with Crippen molar-refractivity contribution < 1.29 is 14.7 Å². The number of amides is 1. The number of hydrogen-bond acceptors (Lipinski definition) is 3. The molecule has 0 fully saturated rings. The lowest BCUT2D eigenvalue weighted by atomic mass is 10.1. The SMILES string of the molecule is Cc1nn(C)cc1C(=O)Nc1c(Br)cc(Br)cc1C(=O)O. The number of carboxylic acids is 1. The molecule has 110 valence electrons. The fourth-order valence-corrected chi connectivity index (χ4v) is 3.20. The number of benzene rings is 1. The lowest BCUT2D eigenvalue weighted by Gasteiger charge is -2.11. The Labute approximate surface area is 137 Å². The van der Waals surface area contributed by atoms with Crippen molar-refractivity contribution in [3.63, 3.8) is 0 Å². The number of carbonyl (C=O) groups is 2. The largest absolute Gasteiger partial charge is 0.478 e. The van der Waals surface area contributed by atoms with Crippen LogP contribution in [0.4, 0.5) is 5.69 Å². The maximum atomic E-state index is 12.3. The highest BCUT2D eigenvalue weighted by Gasteiger charge is 2.19. The van der Waals surface area contributed by atoms with Crippen molar-refractivity contribution in [2.24, 2.45) is 7.05 Å². The van der Waals surface area contributed by atoms with E-state index >= 15 is 0 Å². The van der Waals surface area contributed by atoms with Crippen molar-refractivity contribution in [1.29, 1.82) is 0 Å². The second-order valence-corrected chi connectivity index (χ2v) is 6.14. The molecule has 1 heterocycles. The van der Waals surface area contributed by atoms with E-state index in [0.717, 1.165) is 0 Å². The molecule has 0 bridgehead atoms. The third-order valence-corrected chi connectivity index (χ3v) is 3.87. The van der Waals surface area contributed by atoms with Gasteiger partial charge in [0, 0.05) is 22.2 Å². The van der Waals surface area contributed by atoms with Gasteiger partial charge in [-0.1, -0.05) is 15.9 Å². The minimum absolute atomic E-state index is 0.00820. The number of rotatable bonds is 3. The zero-order valence-corrected chi connectivity index (χ0v) is 14.3. The molecule has 0 saturated heterocycles. The molecular weight excluding hydrogens is 406 g/mol. The first kappa shape index (κ1) is 15.7. The Kier molecular flexibility index (Phi) is 4.48. The predicted molar refractivity (Wildman–Crippen MR) is 84.7 cm³/mol. The van der Waals surface area contributed by atoms with Crippen molar-refractivity contribution in [2.45, 2.75) is 6.92 Å². The molecular formula is C13H11Br2N3O3. The van der Waals surface area contributed by atoms with Gasteiger partial charge in [0.2, 0.25) is 0 Å². The van der Waals surface area contributed by atoms with Crippen LogP contribution in [0.1, 0.15) is 26.4 Å². The fraction of sp³-hybridized carbons (Fsp3) is 0.154. The molecule has 0 unspecified atom stereocenters. The Morgan fingerprint density at radius 1 is 1.29 bits per heavy atom. The summed E-state index contributed by atoms with van der Waals surface area (Å²) >= 11 is 6.48. The maximum Gasteiger partial charge on any atom is 0.337 e. The summed E-state index contributed by atoms with van der Waals surface area (Å²) in [5.74, 6) is -1.54. The Balaban J connectivity index is 2.42. The lowest BCUT2D eigenvalue weighted by Crippen LogP contribution is -2.16. The second-order valence-electron chi connectivity index (χ2n) is 4.37. The Bertz CT molecular complexity index is 741. The molecule has 0 atom stereocenters. The van der Waals surface area contributed by atoms with Crippen molar-refractivity contribution in [3.8, 4) is 0 Å². The fourth-order valence-electron chi connectivity index (χ4n) is 1.87. The van der Waals surface area contributed by atoms with E-state index in [-0.39, 0.29) is 11.3 Å². The van der Waals surface area contributed by atoms with Crippen LogP contribution in [0, 0.1) is 6.92 Å². The standard InChI is InChI=1S/C13H11Br2N3O3/c1-6-9(5-18(2)17-6)12(19)16-11-8(13(20)21)3-7(14)4-10(11)15/h3-5H,1-2H3,(H,16,19)(H,20,21). The summed E-state index contributed by atoms with van der Waals surface area (Å²) < 4.78 is 2.60. The molecule has 1 aromatic carbocycles. The van der Waals surface area contributed by atoms with Gasteiger partial charge in [0.05, 0.1) is 22.5 Å². The lowest BCUT2D eigenvalue weighted by molar-refractivity contribution is 0.0698. The van der Waals surface area contributed by atoms with Crippen LogP contribution in [0.15, 0.2) is 27.3 Å². The number of aryl methyl sites for hydroxylation is 2. The van der Waals surface area contributed by atoms with Crippen LogP contribution in [0.5, 0.6) is 0 Å². The highest BCUT2D eigenvalue weighted by molar-refractivity contribution is 9.11. The normalized spacial score (nSPS) is 10.5. The van der Waals surface area contributed by atoms with Crippen LogP contribution in [0.3, 0.4) is 0 Å². The monoisotopic (exact) mass is 415 g/mol. The molecule has 0 aliphatic heterocycles. The van der Waals surface area contributed by atoms with Gasteiger partial charge in [-0.15, -0.1) is 0 Å². The summed E-state index contributed by atoms with van der Waals surface area (Å²) in [7, 11) is 1.71. The van der Waals surface area contributed by atoms with Crippen LogP contribution in [-0.4, -0.2) is 26.8 Å². The van der Waals surface area contributed by atoms with Crippen LogP contribution >= 0.6 is 31.9 Å². The highest BCUT2D eigenvalue weighted by Crippen LogP contribution is 2.31. The van der Waals surface area contributed by atoms with Gasteiger partial charge in [-0.25, -0.2) is 4.79 Å². The van der Waals surface area contributed by atoms with E-state index in [0.29, 0.717) is 20.2 Å². The van der Waals surface area contributed by atoms with E-state index < -0.39 is 11.9 Å². The molecule has 0 spiro atoms. The van der Waals surface area contributed by atoms with Gasteiger partial charge in [0.25, 0.3) is 5.91 Å². The highest BCUT2D eigenvalue weighted by atomic mass is 79.9. The molecule has 0 radical (unpaired) electrons. The molecule has 2 N–H and O–H groups in total. The van der Waals surface area contributed by atoms with Gasteiger partial charge in [-0.2, -0.15) is 5.10 Å². The van der Waals surface area contributed by atoms with Crippen LogP contribution < -0.4 is 5.32 Å². The van der Waals surface area contributed by atoms with E-state index in [9.17, 15) is 14.7 Å². The first-order chi connectivity index (χ1) is 9.79. The van der Waals surface area contributed by atoms with Gasteiger partial charge < -0.3 is 10.4 Å². The second kappa shape index (κ2) is 5.98. The van der Waals surface area contributed by atoms with Crippen molar-refractivity contribution in [2.75, 3.05) is 5.32 Å². The number of nitrogens with one attached hydrogen (secondary N) is 1. The summed E-state index contributed by atoms with van der Waals surface area (Å²) in [6.07, 6.45) is 1.58. The maximum absolute atomic E-state index is 12.3. The summed E-state index contributed by atoms with van der Waals surface area (Å²) in [6.45, 7) is 1.71. The summed E-state index contributed by atoms with van der Waals surface area (Å²) in [5.41, 5.74) is 1.16. The third kappa shape index (κ3) is 3.33. The molecule has 1 aromatic heterocycles. The van der Waals surface area contributed by atoms with E-state index in [1.54, 1.807) is 26.2 Å². The van der Waals surface area contributed by atoms with Crippen LogP contribution in [-0.2, 0) is 7.05 Å². The first-order valence-electron chi connectivity index (χ1n) is 5.83. The van der Waals surface area contributed by atoms with Crippen molar-refractivity contribution in [3.05, 3.63) is 44.1 Å². The van der Waals surface area contributed by atoms with Gasteiger partial charge in [0.15, 0.2) is 0 Å². The number of anilines is 1. The van der Waals surface area contributed by atoms with E-state index in [1.165, 1.54) is 10.7 Å². The molecule has 0 saturated carbocycles. The molecule has 0 aliphatic rings. The number of carboxylic acid groups (broad SMARTS) is 1. The van der Waals surface area contributed by atoms with E-state index in [4.69, 9.17) is 0 Å².